The highest BCUT2D eigenvalue weighted by atomic mass is 16.5. The average molecular weight is 270 g/mol. The smallest absolute Gasteiger partial charge is 0.323 e. The summed E-state index contributed by atoms with van der Waals surface area (Å²) in [4.78, 5) is 16.5. The summed E-state index contributed by atoms with van der Waals surface area (Å²) in [5, 5.41) is 0. The van der Waals surface area contributed by atoms with Crippen molar-refractivity contribution in [3.8, 4) is 0 Å². The Morgan fingerprint density at radius 1 is 1.37 bits per heavy atom. The lowest BCUT2D eigenvalue weighted by Gasteiger charge is -2.37. The Morgan fingerprint density at radius 3 is 2.47 bits per heavy atom. The molecule has 4 nitrogen and oxygen atoms in total. The van der Waals surface area contributed by atoms with Crippen molar-refractivity contribution in [2.45, 2.75) is 45.1 Å². The first-order valence-corrected chi connectivity index (χ1v) is 7.55. The molecule has 0 amide bonds. The standard InChI is InChI=1S/C15H30N2O2/c1-5-6-7-14(15(18)19-4)17-10-8-13(9-11-17)12-16(2)3/h13-14H,5-12H2,1-4H3. The van der Waals surface area contributed by atoms with Crippen LogP contribution in [-0.4, -0.2) is 62.7 Å². The van der Waals surface area contributed by atoms with Crippen molar-refractivity contribution in [3.05, 3.63) is 0 Å². The van der Waals surface area contributed by atoms with E-state index >= 15 is 0 Å². The van der Waals surface area contributed by atoms with Gasteiger partial charge < -0.3 is 9.64 Å². The van der Waals surface area contributed by atoms with E-state index < -0.39 is 0 Å². The van der Waals surface area contributed by atoms with Crippen LogP contribution in [0.25, 0.3) is 0 Å². The number of unbranched alkanes of at least 4 members (excludes halogenated alkanes) is 1. The molecule has 0 bridgehead atoms. The van der Waals surface area contributed by atoms with E-state index in [1.54, 1.807) is 0 Å². The molecule has 1 saturated heterocycles. The van der Waals surface area contributed by atoms with Crippen LogP contribution in [0.1, 0.15) is 39.0 Å². The minimum absolute atomic E-state index is 0.0229. The van der Waals surface area contributed by atoms with Crippen LogP contribution in [0, 0.1) is 5.92 Å². The highest BCUT2D eigenvalue weighted by Crippen LogP contribution is 2.22. The van der Waals surface area contributed by atoms with Crippen LogP contribution in [-0.2, 0) is 9.53 Å². The molecular formula is C15H30N2O2. The monoisotopic (exact) mass is 270 g/mol. The van der Waals surface area contributed by atoms with E-state index in [0.717, 1.165) is 44.8 Å². The molecule has 1 aliphatic heterocycles. The van der Waals surface area contributed by atoms with Crippen molar-refractivity contribution in [2.75, 3.05) is 40.8 Å². The number of hydrogen-bond acceptors (Lipinski definition) is 4. The first-order chi connectivity index (χ1) is 9.08. The molecule has 1 aliphatic rings. The van der Waals surface area contributed by atoms with Gasteiger partial charge in [0.25, 0.3) is 0 Å². The molecule has 1 rings (SSSR count). The third-order valence-electron chi connectivity index (χ3n) is 4.02. The Labute approximate surface area is 118 Å². The predicted octanol–water partition coefficient (Wildman–Crippen LogP) is 1.99. The molecule has 0 spiro atoms. The molecule has 0 radical (unpaired) electrons. The van der Waals surface area contributed by atoms with Crippen LogP contribution in [0.2, 0.25) is 0 Å². The van der Waals surface area contributed by atoms with E-state index in [1.165, 1.54) is 20.0 Å². The highest BCUT2D eigenvalue weighted by molar-refractivity contribution is 5.75. The Balaban J connectivity index is 2.46. The van der Waals surface area contributed by atoms with Crippen LogP contribution in [0.3, 0.4) is 0 Å². The summed E-state index contributed by atoms with van der Waals surface area (Å²) in [6, 6.07) is -0.0229. The molecule has 1 unspecified atom stereocenters. The van der Waals surface area contributed by atoms with Crippen LogP contribution >= 0.6 is 0 Å². The Morgan fingerprint density at radius 2 is 2.00 bits per heavy atom. The zero-order chi connectivity index (χ0) is 14.3. The fourth-order valence-electron chi connectivity index (χ4n) is 2.95. The van der Waals surface area contributed by atoms with Gasteiger partial charge in [-0.1, -0.05) is 19.8 Å². The first kappa shape index (κ1) is 16.4. The molecule has 4 heteroatoms. The van der Waals surface area contributed by atoms with Crippen LogP contribution < -0.4 is 0 Å². The second kappa shape index (κ2) is 8.54. The summed E-state index contributed by atoms with van der Waals surface area (Å²) in [7, 11) is 5.76. The van der Waals surface area contributed by atoms with Gasteiger partial charge in [0, 0.05) is 6.54 Å². The minimum Gasteiger partial charge on any atom is -0.468 e. The lowest BCUT2D eigenvalue weighted by Crippen LogP contribution is -2.47. The van der Waals surface area contributed by atoms with Gasteiger partial charge in [-0.2, -0.15) is 0 Å². The normalized spacial score (nSPS) is 19.6. The second-order valence-electron chi connectivity index (χ2n) is 5.92. The fourth-order valence-corrected chi connectivity index (χ4v) is 2.95. The number of carbonyl (C=O) groups is 1. The summed E-state index contributed by atoms with van der Waals surface area (Å²) in [6.07, 6.45) is 5.54. The summed E-state index contributed by atoms with van der Waals surface area (Å²) in [5.41, 5.74) is 0. The van der Waals surface area contributed by atoms with Crippen LogP contribution in [0.15, 0.2) is 0 Å². The Hall–Kier alpha value is -0.610. The van der Waals surface area contributed by atoms with Crippen molar-refractivity contribution in [1.82, 2.24) is 9.80 Å². The summed E-state index contributed by atoms with van der Waals surface area (Å²) in [6.45, 7) is 5.38. The number of ether oxygens (including phenoxy) is 1. The maximum absolute atomic E-state index is 11.9. The first-order valence-electron chi connectivity index (χ1n) is 7.55. The Kier molecular flexibility index (Phi) is 7.39. The second-order valence-corrected chi connectivity index (χ2v) is 5.92. The maximum atomic E-state index is 11.9. The van der Waals surface area contributed by atoms with E-state index in [-0.39, 0.29) is 12.0 Å². The van der Waals surface area contributed by atoms with E-state index in [4.69, 9.17) is 4.74 Å². The molecule has 0 aromatic rings. The fraction of sp³-hybridized carbons (Fsp3) is 0.933. The van der Waals surface area contributed by atoms with E-state index in [1.807, 2.05) is 0 Å². The molecule has 1 atom stereocenters. The van der Waals surface area contributed by atoms with Gasteiger partial charge in [0.1, 0.15) is 6.04 Å². The average Bonchev–Trinajstić information content (AvgIpc) is 2.40. The summed E-state index contributed by atoms with van der Waals surface area (Å²) >= 11 is 0. The molecule has 0 N–H and O–H groups in total. The van der Waals surface area contributed by atoms with E-state index in [0.29, 0.717) is 0 Å². The number of methoxy groups -OCH3 is 1. The lowest BCUT2D eigenvalue weighted by atomic mass is 9.94. The van der Waals surface area contributed by atoms with Gasteiger partial charge in [0.15, 0.2) is 0 Å². The number of rotatable bonds is 7. The predicted molar refractivity (Wildman–Crippen MR) is 78.2 cm³/mol. The molecule has 0 aromatic carbocycles. The number of piperidine rings is 1. The molecule has 1 fully saturated rings. The lowest BCUT2D eigenvalue weighted by molar-refractivity contribution is -0.148. The number of carbonyl (C=O) groups excluding carboxylic acids is 1. The molecular weight excluding hydrogens is 240 g/mol. The van der Waals surface area contributed by atoms with E-state index in [2.05, 4.69) is 30.8 Å². The molecule has 0 aromatic heterocycles. The Bertz CT molecular complexity index is 261. The van der Waals surface area contributed by atoms with Gasteiger partial charge in [-0.15, -0.1) is 0 Å². The molecule has 1 heterocycles. The number of nitrogens with zero attached hydrogens (tertiary/aromatic N) is 2. The summed E-state index contributed by atoms with van der Waals surface area (Å²) < 4.78 is 4.97. The van der Waals surface area contributed by atoms with Gasteiger partial charge in [-0.25, -0.2) is 0 Å². The highest BCUT2D eigenvalue weighted by Gasteiger charge is 2.29. The largest absolute Gasteiger partial charge is 0.468 e. The van der Waals surface area contributed by atoms with Crippen LogP contribution in [0.5, 0.6) is 0 Å². The maximum Gasteiger partial charge on any atom is 0.323 e. The molecule has 112 valence electrons. The minimum atomic E-state index is -0.0560. The van der Waals surface area contributed by atoms with Crippen molar-refractivity contribution in [3.63, 3.8) is 0 Å². The number of hydrogen-bond donors (Lipinski definition) is 0. The SMILES string of the molecule is CCCCC(C(=O)OC)N1CCC(CN(C)C)CC1. The van der Waals surface area contributed by atoms with Gasteiger partial charge in [-0.05, 0) is 52.4 Å². The van der Waals surface area contributed by atoms with Crippen LogP contribution in [0.4, 0.5) is 0 Å². The zero-order valence-corrected chi connectivity index (χ0v) is 13.0. The van der Waals surface area contributed by atoms with Gasteiger partial charge in [-0.3, -0.25) is 9.69 Å². The molecule has 0 saturated carbocycles. The zero-order valence-electron chi connectivity index (χ0n) is 13.0. The molecule has 19 heavy (non-hydrogen) atoms. The summed E-state index contributed by atoms with van der Waals surface area (Å²) in [5.74, 6) is 0.718. The van der Waals surface area contributed by atoms with Crippen molar-refractivity contribution >= 4 is 5.97 Å². The van der Waals surface area contributed by atoms with Gasteiger partial charge in [0.05, 0.1) is 7.11 Å². The van der Waals surface area contributed by atoms with Gasteiger partial charge >= 0.3 is 5.97 Å². The van der Waals surface area contributed by atoms with Crippen molar-refractivity contribution < 1.29 is 9.53 Å². The quantitative estimate of drug-likeness (QED) is 0.662. The van der Waals surface area contributed by atoms with E-state index in [9.17, 15) is 4.79 Å². The van der Waals surface area contributed by atoms with Crippen molar-refractivity contribution in [1.29, 1.82) is 0 Å². The number of esters is 1. The topological polar surface area (TPSA) is 32.8 Å². The third kappa shape index (κ3) is 5.49. The van der Waals surface area contributed by atoms with Crippen molar-refractivity contribution in [2.24, 2.45) is 5.92 Å². The third-order valence-corrected chi connectivity index (χ3v) is 4.02. The molecule has 0 aliphatic carbocycles. The van der Waals surface area contributed by atoms with Gasteiger partial charge in [0.2, 0.25) is 0 Å². The number of likely N-dealkylation sites (tertiary alicyclic amines) is 1.